The van der Waals surface area contributed by atoms with Gasteiger partial charge in [-0.1, -0.05) is 23.7 Å². The van der Waals surface area contributed by atoms with Crippen molar-refractivity contribution in [1.29, 1.82) is 0 Å². The predicted octanol–water partition coefficient (Wildman–Crippen LogP) is 3.78. The predicted molar refractivity (Wildman–Crippen MR) is 114 cm³/mol. The summed E-state index contributed by atoms with van der Waals surface area (Å²) in [4.78, 5) is 49.3. The summed E-state index contributed by atoms with van der Waals surface area (Å²) in [6, 6.07) is 11.0. The van der Waals surface area contributed by atoms with Crippen LogP contribution in [0, 0.1) is 0 Å². The lowest BCUT2D eigenvalue weighted by Gasteiger charge is -2.11. The van der Waals surface area contributed by atoms with Crippen molar-refractivity contribution >= 4 is 52.5 Å². The highest BCUT2D eigenvalue weighted by Gasteiger charge is 2.36. The van der Waals surface area contributed by atoms with E-state index in [-0.39, 0.29) is 16.2 Å². The molecule has 0 bridgehead atoms. The first kappa shape index (κ1) is 22.4. The highest BCUT2D eigenvalue weighted by atomic mass is 35.5. The standard InChI is InChI=1S/C21H16ClNO7S/c1-28-15-7-6-12(8-16(15)30-20(26)13-4-3-5-14(22)10-13)9-17-19(25)23(21(27)31-17)11-18(24)29-2/h3-10H,11H2,1-2H3/b17-9-. The van der Waals surface area contributed by atoms with Crippen LogP contribution in [0.5, 0.6) is 11.5 Å². The maximum atomic E-state index is 12.5. The van der Waals surface area contributed by atoms with Gasteiger partial charge in [-0.25, -0.2) is 4.79 Å². The maximum Gasteiger partial charge on any atom is 0.343 e. The number of hydrogen-bond acceptors (Lipinski definition) is 8. The zero-order valence-corrected chi connectivity index (χ0v) is 18.0. The SMILES string of the molecule is COC(=O)CN1C(=O)S/C(=C\c2ccc(OC)c(OC(=O)c3cccc(Cl)c3)c2)C1=O. The molecule has 2 amide bonds. The Bertz CT molecular complexity index is 1100. The molecule has 3 rings (SSSR count). The summed E-state index contributed by atoms with van der Waals surface area (Å²) in [6.07, 6.45) is 1.46. The summed E-state index contributed by atoms with van der Waals surface area (Å²) < 4.78 is 15.2. The van der Waals surface area contributed by atoms with Gasteiger partial charge in [-0.05, 0) is 53.7 Å². The van der Waals surface area contributed by atoms with Gasteiger partial charge in [0.25, 0.3) is 11.1 Å². The van der Waals surface area contributed by atoms with E-state index in [4.69, 9.17) is 21.1 Å². The van der Waals surface area contributed by atoms with Gasteiger partial charge in [-0.3, -0.25) is 19.3 Å². The second kappa shape index (κ2) is 9.67. The number of ether oxygens (including phenoxy) is 3. The number of hydrogen-bond donors (Lipinski definition) is 0. The Morgan fingerprint density at radius 1 is 1.10 bits per heavy atom. The van der Waals surface area contributed by atoms with E-state index in [1.165, 1.54) is 32.4 Å². The van der Waals surface area contributed by atoms with E-state index in [9.17, 15) is 19.2 Å². The quantitative estimate of drug-likeness (QED) is 0.364. The molecule has 8 nitrogen and oxygen atoms in total. The minimum atomic E-state index is -0.705. The minimum Gasteiger partial charge on any atom is -0.493 e. The van der Waals surface area contributed by atoms with E-state index < -0.39 is 29.6 Å². The van der Waals surface area contributed by atoms with Gasteiger partial charge >= 0.3 is 11.9 Å². The fourth-order valence-corrected chi connectivity index (χ4v) is 3.65. The van der Waals surface area contributed by atoms with Crippen LogP contribution in [0.1, 0.15) is 15.9 Å². The molecule has 10 heteroatoms. The molecule has 1 saturated heterocycles. The number of benzene rings is 2. The zero-order chi connectivity index (χ0) is 22.5. The molecule has 160 valence electrons. The van der Waals surface area contributed by atoms with Crippen LogP contribution in [-0.4, -0.2) is 48.7 Å². The van der Waals surface area contributed by atoms with Crippen molar-refractivity contribution in [3.63, 3.8) is 0 Å². The highest BCUT2D eigenvalue weighted by molar-refractivity contribution is 8.18. The van der Waals surface area contributed by atoms with E-state index in [0.29, 0.717) is 28.1 Å². The Labute approximate surface area is 186 Å². The van der Waals surface area contributed by atoms with E-state index in [1.807, 2.05) is 0 Å². The van der Waals surface area contributed by atoms with E-state index in [1.54, 1.807) is 30.3 Å². The molecule has 0 radical (unpaired) electrons. The van der Waals surface area contributed by atoms with Crippen molar-refractivity contribution in [1.82, 2.24) is 4.90 Å². The number of carbonyl (C=O) groups is 4. The van der Waals surface area contributed by atoms with Crippen molar-refractivity contribution in [2.75, 3.05) is 20.8 Å². The smallest absolute Gasteiger partial charge is 0.343 e. The number of amides is 2. The van der Waals surface area contributed by atoms with Gasteiger partial charge in [0, 0.05) is 5.02 Å². The number of nitrogens with zero attached hydrogens (tertiary/aromatic N) is 1. The average Bonchev–Trinajstić information content (AvgIpc) is 3.01. The summed E-state index contributed by atoms with van der Waals surface area (Å²) in [5, 5.41) is -0.194. The Morgan fingerprint density at radius 3 is 2.55 bits per heavy atom. The molecule has 1 heterocycles. The fraction of sp³-hybridized carbons (Fsp3) is 0.143. The molecule has 0 N–H and O–H groups in total. The molecule has 31 heavy (non-hydrogen) atoms. The third-order valence-corrected chi connectivity index (χ3v) is 5.28. The first-order chi connectivity index (χ1) is 14.8. The van der Waals surface area contributed by atoms with Gasteiger partial charge in [0.15, 0.2) is 11.5 Å². The molecule has 1 fully saturated rings. The van der Waals surface area contributed by atoms with Crippen LogP contribution >= 0.6 is 23.4 Å². The lowest BCUT2D eigenvalue weighted by Crippen LogP contribution is -2.34. The molecule has 1 aliphatic heterocycles. The largest absolute Gasteiger partial charge is 0.493 e. The van der Waals surface area contributed by atoms with Crippen LogP contribution in [0.15, 0.2) is 47.4 Å². The summed E-state index contributed by atoms with van der Waals surface area (Å²) in [5.74, 6) is -1.55. The fourth-order valence-electron chi connectivity index (χ4n) is 2.62. The van der Waals surface area contributed by atoms with Gasteiger partial charge in [0.05, 0.1) is 24.7 Å². The topological polar surface area (TPSA) is 99.2 Å². The minimum absolute atomic E-state index is 0.117. The van der Waals surface area contributed by atoms with Crippen LogP contribution in [0.3, 0.4) is 0 Å². The van der Waals surface area contributed by atoms with E-state index >= 15 is 0 Å². The molecule has 0 saturated carbocycles. The number of thioether (sulfide) groups is 1. The van der Waals surface area contributed by atoms with Crippen LogP contribution in [-0.2, 0) is 14.3 Å². The van der Waals surface area contributed by atoms with Crippen LogP contribution in [0.4, 0.5) is 4.79 Å². The van der Waals surface area contributed by atoms with E-state index in [2.05, 4.69) is 4.74 Å². The number of rotatable bonds is 6. The van der Waals surface area contributed by atoms with Crippen molar-refractivity contribution in [3.05, 3.63) is 63.5 Å². The summed E-state index contributed by atoms with van der Waals surface area (Å²) >= 11 is 6.61. The van der Waals surface area contributed by atoms with Crippen molar-refractivity contribution < 1.29 is 33.4 Å². The molecular formula is C21H16ClNO7S. The zero-order valence-electron chi connectivity index (χ0n) is 16.4. The summed E-state index contributed by atoms with van der Waals surface area (Å²) in [7, 11) is 2.59. The molecule has 2 aromatic carbocycles. The second-order valence-corrected chi connectivity index (χ2v) is 7.58. The van der Waals surface area contributed by atoms with Crippen molar-refractivity contribution in [3.8, 4) is 11.5 Å². The molecule has 0 aromatic heterocycles. The van der Waals surface area contributed by atoms with E-state index in [0.717, 1.165) is 4.90 Å². The van der Waals surface area contributed by atoms with Gasteiger partial charge in [0.1, 0.15) is 6.54 Å². The average molecular weight is 462 g/mol. The van der Waals surface area contributed by atoms with Crippen LogP contribution < -0.4 is 9.47 Å². The Morgan fingerprint density at radius 2 is 1.87 bits per heavy atom. The lowest BCUT2D eigenvalue weighted by atomic mass is 10.1. The third-order valence-electron chi connectivity index (χ3n) is 4.14. The Balaban J connectivity index is 1.85. The lowest BCUT2D eigenvalue weighted by molar-refractivity contribution is -0.143. The Hall–Kier alpha value is -3.30. The normalized spacial score (nSPS) is 14.7. The number of carbonyl (C=O) groups excluding carboxylic acids is 4. The molecule has 0 spiro atoms. The van der Waals surface area contributed by atoms with Crippen LogP contribution in [0.2, 0.25) is 5.02 Å². The van der Waals surface area contributed by atoms with Gasteiger partial charge in [-0.2, -0.15) is 0 Å². The molecule has 1 aliphatic rings. The van der Waals surface area contributed by atoms with Gasteiger partial charge in [0.2, 0.25) is 0 Å². The number of esters is 2. The first-order valence-corrected chi connectivity index (χ1v) is 9.99. The highest BCUT2D eigenvalue weighted by Crippen LogP contribution is 2.34. The van der Waals surface area contributed by atoms with Crippen molar-refractivity contribution in [2.24, 2.45) is 0 Å². The van der Waals surface area contributed by atoms with Crippen LogP contribution in [0.25, 0.3) is 6.08 Å². The number of imide groups is 1. The third kappa shape index (κ3) is 5.25. The van der Waals surface area contributed by atoms with Gasteiger partial charge < -0.3 is 14.2 Å². The number of methoxy groups -OCH3 is 2. The summed E-state index contributed by atoms with van der Waals surface area (Å²) in [6.45, 7) is -0.469. The monoisotopic (exact) mass is 461 g/mol. The molecular weight excluding hydrogens is 446 g/mol. The first-order valence-electron chi connectivity index (χ1n) is 8.80. The molecule has 0 aliphatic carbocycles. The summed E-state index contributed by atoms with van der Waals surface area (Å²) in [5.41, 5.74) is 0.738. The Kier molecular flexibility index (Phi) is 6.98. The second-order valence-electron chi connectivity index (χ2n) is 6.15. The number of halogens is 1. The molecule has 0 atom stereocenters. The molecule has 0 unspecified atom stereocenters. The van der Waals surface area contributed by atoms with Crippen molar-refractivity contribution in [2.45, 2.75) is 0 Å². The molecule has 2 aromatic rings. The van der Waals surface area contributed by atoms with Gasteiger partial charge in [-0.15, -0.1) is 0 Å². The maximum absolute atomic E-state index is 12.5.